The van der Waals surface area contributed by atoms with E-state index in [0.717, 1.165) is 0 Å². The zero-order valence-corrected chi connectivity index (χ0v) is 14.2. The van der Waals surface area contributed by atoms with Crippen LogP contribution in [0.5, 0.6) is 5.75 Å². The zero-order chi connectivity index (χ0) is 18.8. The molecule has 27 heavy (non-hydrogen) atoms. The second kappa shape index (κ2) is 7.02. The minimum atomic E-state index is -0.338. The highest BCUT2D eigenvalue weighted by atomic mass is 19.1. The number of hydrogen-bond acceptors (Lipinski definition) is 5. The molecule has 0 fully saturated rings. The van der Waals surface area contributed by atoms with Crippen molar-refractivity contribution in [2.75, 3.05) is 24.6 Å². The zero-order valence-electron chi connectivity index (χ0n) is 14.2. The van der Waals surface area contributed by atoms with Crippen molar-refractivity contribution >= 4 is 28.7 Å². The number of aromatic nitrogens is 3. The number of benzene rings is 1. The molecule has 8 nitrogen and oxygen atoms in total. The Morgan fingerprint density at radius 1 is 1.37 bits per heavy atom. The highest BCUT2D eigenvalue weighted by Crippen LogP contribution is 2.28. The van der Waals surface area contributed by atoms with E-state index in [4.69, 9.17) is 4.74 Å². The molecule has 9 heteroatoms. The molecule has 2 aromatic heterocycles. The highest BCUT2D eigenvalue weighted by molar-refractivity contribution is 6.01. The number of carbonyl (C=O) groups is 2. The molecule has 0 spiro atoms. The van der Waals surface area contributed by atoms with Gasteiger partial charge in [0.15, 0.2) is 18.2 Å². The third-order valence-corrected chi connectivity index (χ3v) is 4.14. The third-order valence-electron chi connectivity index (χ3n) is 4.14. The lowest BCUT2D eigenvalue weighted by atomic mass is 10.3. The maximum Gasteiger partial charge on any atom is 0.266 e. The van der Waals surface area contributed by atoms with Crippen molar-refractivity contribution in [3.8, 4) is 5.75 Å². The average Bonchev–Trinajstić information content (AvgIpc) is 3.06. The molecule has 1 aliphatic rings. The van der Waals surface area contributed by atoms with Crippen LogP contribution in [0.4, 0.5) is 10.2 Å². The first-order chi connectivity index (χ1) is 13.1. The molecular weight excluding hydrogens is 353 g/mol. The molecule has 0 saturated heterocycles. The number of anilines is 1. The van der Waals surface area contributed by atoms with Crippen molar-refractivity contribution < 1.29 is 18.7 Å². The molecule has 2 N–H and O–H groups in total. The normalized spacial score (nSPS) is 13.4. The van der Waals surface area contributed by atoms with E-state index in [1.807, 2.05) is 0 Å². The number of nitrogens with one attached hydrogen (secondary N) is 2. The van der Waals surface area contributed by atoms with Crippen molar-refractivity contribution in [2.24, 2.45) is 0 Å². The molecule has 4 rings (SSSR count). The quantitative estimate of drug-likeness (QED) is 0.704. The van der Waals surface area contributed by atoms with Crippen LogP contribution in [0.2, 0.25) is 0 Å². The number of aromatic amines is 1. The first-order valence-electron chi connectivity index (χ1n) is 8.39. The fourth-order valence-electron chi connectivity index (χ4n) is 2.87. The molecule has 2 amide bonds. The predicted octanol–water partition coefficient (Wildman–Crippen LogP) is 1.18. The molecular formula is C18H16FN5O3. The molecule has 138 valence electrons. The van der Waals surface area contributed by atoms with Crippen molar-refractivity contribution in [2.45, 2.75) is 6.42 Å². The van der Waals surface area contributed by atoms with Gasteiger partial charge in [0.25, 0.3) is 5.91 Å². The summed E-state index contributed by atoms with van der Waals surface area (Å²) in [5, 5.41) is 2.75. The molecule has 1 aliphatic heterocycles. The molecule has 0 aliphatic carbocycles. The van der Waals surface area contributed by atoms with Crippen molar-refractivity contribution in [1.29, 1.82) is 0 Å². The van der Waals surface area contributed by atoms with Crippen LogP contribution in [0.1, 0.15) is 5.82 Å². The van der Waals surface area contributed by atoms with Crippen molar-refractivity contribution in [3.63, 3.8) is 0 Å². The lowest BCUT2D eigenvalue weighted by Crippen LogP contribution is -2.45. The number of imidazole rings is 1. The fourth-order valence-corrected chi connectivity index (χ4v) is 2.87. The lowest BCUT2D eigenvalue weighted by molar-refractivity contribution is -0.125. The Kier molecular flexibility index (Phi) is 4.41. The van der Waals surface area contributed by atoms with Gasteiger partial charge in [0.05, 0.1) is 11.0 Å². The largest absolute Gasteiger partial charge is 0.480 e. The number of ether oxygens (including phenoxy) is 1. The number of hydrogen-bond donors (Lipinski definition) is 2. The molecule has 3 heterocycles. The van der Waals surface area contributed by atoms with Crippen LogP contribution in [0.3, 0.4) is 0 Å². The third kappa shape index (κ3) is 3.57. The Morgan fingerprint density at radius 3 is 3.15 bits per heavy atom. The molecule has 0 radical (unpaired) electrons. The summed E-state index contributed by atoms with van der Waals surface area (Å²) in [4.78, 5) is 37.1. The van der Waals surface area contributed by atoms with Gasteiger partial charge in [0, 0.05) is 19.2 Å². The smallest absolute Gasteiger partial charge is 0.266 e. The van der Waals surface area contributed by atoms with Gasteiger partial charge in [0.2, 0.25) is 5.91 Å². The van der Waals surface area contributed by atoms with E-state index < -0.39 is 0 Å². The molecule has 3 aromatic rings. The topological polar surface area (TPSA) is 100 Å². The van der Waals surface area contributed by atoms with Crippen LogP contribution in [-0.2, 0) is 16.0 Å². The summed E-state index contributed by atoms with van der Waals surface area (Å²) in [6.07, 6.45) is 1.99. The van der Waals surface area contributed by atoms with Crippen LogP contribution < -0.4 is 15.0 Å². The number of rotatable bonds is 5. The van der Waals surface area contributed by atoms with Gasteiger partial charge >= 0.3 is 0 Å². The second-order valence-electron chi connectivity index (χ2n) is 6.04. The van der Waals surface area contributed by atoms with Crippen LogP contribution in [-0.4, -0.2) is 46.5 Å². The standard InChI is InChI=1S/C18H16FN5O3/c19-11-3-4-12-13(8-11)23-15(22-12)5-7-20-16(25)9-24-17(26)10-27-14-2-1-6-21-18(14)24/h1-4,6,8H,5,7,9-10H2,(H,20,25)(H,22,23). The van der Waals surface area contributed by atoms with Gasteiger partial charge in [-0.15, -0.1) is 0 Å². The summed E-state index contributed by atoms with van der Waals surface area (Å²) in [5.74, 6) is 0.475. The Bertz CT molecular complexity index is 1020. The molecule has 0 saturated carbocycles. The monoisotopic (exact) mass is 369 g/mol. The summed E-state index contributed by atoms with van der Waals surface area (Å²) in [6.45, 7) is 0.0633. The van der Waals surface area contributed by atoms with E-state index in [2.05, 4.69) is 20.3 Å². The minimum absolute atomic E-state index is 0.123. The lowest BCUT2D eigenvalue weighted by Gasteiger charge is -2.27. The number of H-pyrrole nitrogens is 1. The van der Waals surface area contributed by atoms with Gasteiger partial charge in [-0.1, -0.05) is 0 Å². The molecule has 1 aromatic carbocycles. The van der Waals surface area contributed by atoms with E-state index in [1.54, 1.807) is 18.2 Å². The van der Waals surface area contributed by atoms with Gasteiger partial charge in [0.1, 0.15) is 18.2 Å². The predicted molar refractivity (Wildman–Crippen MR) is 94.9 cm³/mol. The van der Waals surface area contributed by atoms with E-state index >= 15 is 0 Å². The van der Waals surface area contributed by atoms with Crippen LogP contribution >= 0.6 is 0 Å². The van der Waals surface area contributed by atoms with Gasteiger partial charge in [-0.05, 0) is 30.3 Å². The Labute approximate surface area is 153 Å². The Hall–Kier alpha value is -3.49. The minimum Gasteiger partial charge on any atom is -0.480 e. The number of carbonyl (C=O) groups excluding carboxylic acids is 2. The van der Waals surface area contributed by atoms with Gasteiger partial charge < -0.3 is 15.0 Å². The number of nitrogens with zero attached hydrogens (tertiary/aromatic N) is 3. The maximum atomic E-state index is 13.2. The fraction of sp³-hybridized carbons (Fsp3) is 0.222. The first-order valence-corrected chi connectivity index (χ1v) is 8.39. The van der Waals surface area contributed by atoms with Crippen LogP contribution in [0.25, 0.3) is 11.0 Å². The van der Waals surface area contributed by atoms with E-state index in [1.165, 1.54) is 23.2 Å². The molecule has 0 unspecified atom stereocenters. The number of fused-ring (bicyclic) bond motifs is 2. The molecule has 0 bridgehead atoms. The number of pyridine rings is 1. The van der Waals surface area contributed by atoms with Crippen LogP contribution in [0.15, 0.2) is 36.5 Å². The second-order valence-corrected chi connectivity index (χ2v) is 6.04. The van der Waals surface area contributed by atoms with E-state index in [-0.39, 0.29) is 30.8 Å². The SMILES string of the molecule is O=C(CN1C(=O)COc2cccnc21)NCCc1nc2ccc(F)cc2[nH]1. The van der Waals surface area contributed by atoms with Crippen LogP contribution in [0, 0.1) is 5.82 Å². The van der Waals surface area contributed by atoms with Gasteiger partial charge in [-0.25, -0.2) is 14.4 Å². The summed E-state index contributed by atoms with van der Waals surface area (Å²) in [5.41, 5.74) is 1.28. The Morgan fingerprint density at radius 2 is 2.26 bits per heavy atom. The maximum absolute atomic E-state index is 13.2. The summed E-state index contributed by atoms with van der Waals surface area (Å²) in [6, 6.07) is 7.72. The number of halogens is 1. The van der Waals surface area contributed by atoms with Crippen molar-refractivity contribution in [1.82, 2.24) is 20.3 Å². The summed E-state index contributed by atoms with van der Waals surface area (Å²) in [7, 11) is 0. The highest BCUT2D eigenvalue weighted by Gasteiger charge is 2.28. The van der Waals surface area contributed by atoms with E-state index in [0.29, 0.717) is 41.4 Å². The van der Waals surface area contributed by atoms with Gasteiger partial charge in [-0.3, -0.25) is 14.5 Å². The summed E-state index contributed by atoms with van der Waals surface area (Å²) >= 11 is 0. The Balaban J connectivity index is 1.35. The average molecular weight is 369 g/mol. The van der Waals surface area contributed by atoms with Crippen molar-refractivity contribution in [3.05, 3.63) is 48.2 Å². The summed E-state index contributed by atoms with van der Waals surface area (Å²) < 4.78 is 18.5. The first kappa shape index (κ1) is 17.0. The molecule has 0 atom stereocenters. The number of amides is 2. The van der Waals surface area contributed by atoms with Gasteiger partial charge in [-0.2, -0.15) is 0 Å². The van der Waals surface area contributed by atoms with E-state index in [9.17, 15) is 14.0 Å².